The summed E-state index contributed by atoms with van der Waals surface area (Å²) in [6, 6.07) is 0. The van der Waals surface area contributed by atoms with Gasteiger partial charge in [-0.05, 0) is 6.92 Å². The number of methoxy groups -OCH3 is 1. The molecule has 0 N–H and O–H groups in total. The minimum Gasteiger partial charge on any atom is -0.422 e. The number of hydrogen-bond acceptors (Lipinski definition) is 3. The second kappa shape index (κ2) is 4.27. The van der Waals surface area contributed by atoms with Crippen molar-refractivity contribution in [2.24, 2.45) is 0 Å². The Balaban J connectivity index is 4.31. The van der Waals surface area contributed by atoms with Crippen molar-refractivity contribution in [3.63, 3.8) is 0 Å². The maximum Gasteiger partial charge on any atom is 0.452 e. The normalized spacial score (nSPS) is 13.6. The first kappa shape index (κ1) is 12.0. The molecule has 0 fully saturated rings. The quantitative estimate of drug-likeness (QED) is 0.393. The molecule has 0 saturated heterocycles. The van der Waals surface area contributed by atoms with Crippen LogP contribution < -0.4 is 0 Å². The van der Waals surface area contributed by atoms with Gasteiger partial charge in [-0.1, -0.05) is 6.58 Å². The summed E-state index contributed by atoms with van der Waals surface area (Å²) >= 11 is 0. The van der Waals surface area contributed by atoms with Crippen LogP contribution in [0.4, 0.5) is 13.2 Å². The van der Waals surface area contributed by atoms with E-state index < -0.39 is 18.4 Å². The van der Waals surface area contributed by atoms with E-state index in [0.717, 1.165) is 7.11 Å². The molecule has 0 aromatic heterocycles. The van der Waals surface area contributed by atoms with Crippen molar-refractivity contribution in [1.29, 1.82) is 0 Å². The van der Waals surface area contributed by atoms with Crippen LogP contribution >= 0.6 is 0 Å². The highest BCUT2D eigenvalue weighted by atomic mass is 19.4. The van der Waals surface area contributed by atoms with Gasteiger partial charge in [-0.25, -0.2) is 4.79 Å². The Morgan fingerprint density at radius 3 is 2.15 bits per heavy atom. The number of rotatable bonds is 3. The Bertz CT molecular complexity index is 210. The van der Waals surface area contributed by atoms with E-state index in [9.17, 15) is 18.0 Å². The van der Waals surface area contributed by atoms with Crippen LogP contribution in [0.3, 0.4) is 0 Å². The van der Waals surface area contributed by atoms with Crippen LogP contribution in [0.15, 0.2) is 12.2 Å². The number of halogens is 3. The first-order valence-corrected chi connectivity index (χ1v) is 3.25. The molecule has 0 rings (SSSR count). The molecule has 76 valence electrons. The van der Waals surface area contributed by atoms with Crippen molar-refractivity contribution in [2.75, 3.05) is 7.11 Å². The van der Waals surface area contributed by atoms with E-state index in [2.05, 4.69) is 16.1 Å². The minimum atomic E-state index is -4.72. The highest BCUT2D eigenvalue weighted by molar-refractivity contribution is 5.87. The zero-order valence-electron chi connectivity index (χ0n) is 7.14. The third kappa shape index (κ3) is 3.93. The van der Waals surface area contributed by atoms with Crippen molar-refractivity contribution in [2.45, 2.75) is 19.4 Å². The summed E-state index contributed by atoms with van der Waals surface area (Å²) < 4.78 is 43.6. The monoisotopic (exact) mass is 198 g/mol. The minimum absolute atomic E-state index is 0.119. The van der Waals surface area contributed by atoms with Crippen LogP contribution in [0.2, 0.25) is 0 Å². The van der Waals surface area contributed by atoms with E-state index in [4.69, 9.17) is 0 Å². The first-order valence-electron chi connectivity index (χ1n) is 3.25. The predicted octanol–water partition coefficient (Wildman–Crippen LogP) is 1.64. The molecule has 13 heavy (non-hydrogen) atoms. The third-order valence-electron chi connectivity index (χ3n) is 1.04. The van der Waals surface area contributed by atoms with Crippen LogP contribution in [-0.4, -0.2) is 25.5 Å². The van der Waals surface area contributed by atoms with E-state index in [1.54, 1.807) is 0 Å². The van der Waals surface area contributed by atoms with E-state index in [0.29, 0.717) is 0 Å². The van der Waals surface area contributed by atoms with Gasteiger partial charge in [-0.3, -0.25) is 0 Å². The molecule has 0 aromatic rings. The Morgan fingerprint density at radius 2 is 1.92 bits per heavy atom. The number of ether oxygens (including phenoxy) is 2. The predicted molar refractivity (Wildman–Crippen MR) is 37.8 cm³/mol. The van der Waals surface area contributed by atoms with Gasteiger partial charge >= 0.3 is 12.1 Å². The van der Waals surface area contributed by atoms with Gasteiger partial charge in [0.1, 0.15) is 0 Å². The average molecular weight is 198 g/mol. The maximum absolute atomic E-state index is 11.9. The van der Waals surface area contributed by atoms with Crippen LogP contribution in [0.1, 0.15) is 6.92 Å². The second-order valence-electron chi connectivity index (χ2n) is 2.29. The standard InChI is InChI=1S/C7H9F3O3/c1-4(2)5(11)13-6(12-3)7(8,9)10/h6H,1H2,2-3H3. The van der Waals surface area contributed by atoms with Crippen LogP contribution in [0.25, 0.3) is 0 Å². The number of carbonyl (C=O) groups is 1. The van der Waals surface area contributed by atoms with Crippen molar-refractivity contribution in [3.05, 3.63) is 12.2 Å². The van der Waals surface area contributed by atoms with Crippen molar-refractivity contribution < 1.29 is 27.4 Å². The summed E-state index contributed by atoms with van der Waals surface area (Å²) in [5.74, 6) is -1.14. The van der Waals surface area contributed by atoms with Crippen LogP contribution in [0, 0.1) is 0 Å². The van der Waals surface area contributed by atoms with Gasteiger partial charge in [0, 0.05) is 12.7 Å². The highest BCUT2D eigenvalue weighted by Gasteiger charge is 2.43. The van der Waals surface area contributed by atoms with Crippen LogP contribution in [-0.2, 0) is 14.3 Å². The lowest BCUT2D eigenvalue weighted by atomic mass is 10.4. The molecule has 0 bridgehead atoms. The van der Waals surface area contributed by atoms with Gasteiger partial charge in [0.05, 0.1) is 0 Å². The first-order chi connectivity index (χ1) is 5.79. The van der Waals surface area contributed by atoms with Crippen LogP contribution in [0.5, 0.6) is 0 Å². The molecule has 0 aromatic carbocycles. The fraction of sp³-hybridized carbons (Fsp3) is 0.571. The molecule has 0 aliphatic carbocycles. The van der Waals surface area contributed by atoms with Gasteiger partial charge in [-0.15, -0.1) is 0 Å². The molecule has 1 atom stereocenters. The SMILES string of the molecule is C=C(C)C(=O)OC(OC)C(F)(F)F. The molecule has 0 aliphatic heterocycles. The third-order valence-corrected chi connectivity index (χ3v) is 1.04. The van der Waals surface area contributed by atoms with Gasteiger partial charge in [0.2, 0.25) is 0 Å². The Labute approximate surface area is 73.1 Å². The molecule has 3 nitrogen and oxygen atoms in total. The molecule has 0 aliphatic rings. The molecular formula is C7H9F3O3. The van der Waals surface area contributed by atoms with Gasteiger partial charge in [0.15, 0.2) is 0 Å². The summed E-state index contributed by atoms with van der Waals surface area (Å²) in [4.78, 5) is 10.7. The maximum atomic E-state index is 11.9. The Hall–Kier alpha value is -1.04. The largest absolute Gasteiger partial charge is 0.452 e. The van der Waals surface area contributed by atoms with Gasteiger partial charge in [0.25, 0.3) is 6.29 Å². The summed E-state index contributed by atoms with van der Waals surface area (Å²) in [5.41, 5.74) is -0.119. The fourth-order valence-corrected chi connectivity index (χ4v) is 0.446. The fourth-order valence-electron chi connectivity index (χ4n) is 0.446. The van der Waals surface area contributed by atoms with E-state index in [-0.39, 0.29) is 5.57 Å². The topological polar surface area (TPSA) is 35.5 Å². The number of esters is 1. The summed E-state index contributed by atoms with van der Waals surface area (Å²) in [7, 11) is 0.795. The number of carbonyl (C=O) groups excluding carboxylic acids is 1. The highest BCUT2D eigenvalue weighted by Crippen LogP contribution is 2.23. The van der Waals surface area contributed by atoms with E-state index in [1.165, 1.54) is 6.92 Å². The molecule has 1 unspecified atom stereocenters. The van der Waals surface area contributed by atoms with Gasteiger partial charge in [-0.2, -0.15) is 13.2 Å². The van der Waals surface area contributed by atoms with Crippen molar-refractivity contribution in [1.82, 2.24) is 0 Å². The summed E-state index contributed by atoms with van der Waals surface area (Å²) in [5, 5.41) is 0. The lowest BCUT2D eigenvalue weighted by molar-refractivity contribution is -0.291. The van der Waals surface area contributed by atoms with E-state index >= 15 is 0 Å². The zero-order valence-corrected chi connectivity index (χ0v) is 7.14. The summed E-state index contributed by atoms with van der Waals surface area (Å²) in [6.07, 6.45) is -7.25. The molecule has 0 radical (unpaired) electrons. The second-order valence-corrected chi connectivity index (χ2v) is 2.29. The summed E-state index contributed by atoms with van der Waals surface area (Å²) in [6.45, 7) is 4.37. The number of hydrogen-bond donors (Lipinski definition) is 0. The number of alkyl halides is 3. The molecule has 0 amide bonds. The molecular weight excluding hydrogens is 189 g/mol. The Morgan fingerprint density at radius 1 is 1.46 bits per heavy atom. The van der Waals surface area contributed by atoms with E-state index in [1.807, 2.05) is 0 Å². The molecule has 0 spiro atoms. The zero-order chi connectivity index (χ0) is 10.6. The lowest BCUT2D eigenvalue weighted by Gasteiger charge is -2.18. The molecule has 6 heteroatoms. The smallest absolute Gasteiger partial charge is 0.422 e. The lowest BCUT2D eigenvalue weighted by Crippen LogP contribution is -2.35. The Kier molecular flexibility index (Phi) is 3.93. The van der Waals surface area contributed by atoms with Gasteiger partial charge < -0.3 is 9.47 Å². The van der Waals surface area contributed by atoms with Crippen molar-refractivity contribution >= 4 is 5.97 Å². The van der Waals surface area contributed by atoms with Crippen molar-refractivity contribution in [3.8, 4) is 0 Å². The molecule has 0 saturated carbocycles. The molecule has 0 heterocycles. The average Bonchev–Trinajstić information content (AvgIpc) is 1.96.